The summed E-state index contributed by atoms with van der Waals surface area (Å²) in [6.07, 6.45) is 2.35. The molecule has 126 valence electrons. The maximum Gasteiger partial charge on any atom is 0.254 e. The zero-order valence-electron chi connectivity index (χ0n) is 13.0. The number of ether oxygens (including phenoxy) is 3. The molecule has 0 spiro atoms. The van der Waals surface area contributed by atoms with E-state index in [9.17, 15) is 0 Å². The van der Waals surface area contributed by atoms with E-state index in [4.69, 9.17) is 18.7 Å². The molecule has 2 heterocycles. The van der Waals surface area contributed by atoms with Crippen LogP contribution in [0.3, 0.4) is 0 Å². The highest BCUT2D eigenvalue weighted by molar-refractivity contribution is 5.85. The van der Waals surface area contributed by atoms with Crippen molar-refractivity contribution in [1.29, 1.82) is 0 Å². The standard InChI is InChI=1S/C16H20N2O4.ClH/c1-19-13-4-6-14(7-5-13)20-11-15-9-16(18-22-15)21-10-12-3-2-8-17-12;/h4-7,9,12,17H,2-3,8,10-11H2,1H3;1H/t12-;/m0./s1. The van der Waals surface area contributed by atoms with Crippen molar-refractivity contribution in [2.75, 3.05) is 20.3 Å². The van der Waals surface area contributed by atoms with Crippen molar-refractivity contribution in [3.05, 3.63) is 36.1 Å². The lowest BCUT2D eigenvalue weighted by Gasteiger charge is -2.08. The third kappa shape index (κ3) is 5.04. The van der Waals surface area contributed by atoms with Crippen LogP contribution in [0.2, 0.25) is 0 Å². The lowest BCUT2D eigenvalue weighted by Crippen LogP contribution is -2.28. The van der Waals surface area contributed by atoms with Crippen molar-refractivity contribution in [1.82, 2.24) is 10.5 Å². The Morgan fingerprint density at radius 3 is 2.70 bits per heavy atom. The number of nitrogens with one attached hydrogen (secondary N) is 1. The molecular formula is C16H21ClN2O4. The molecule has 0 saturated carbocycles. The highest BCUT2D eigenvalue weighted by Crippen LogP contribution is 2.19. The van der Waals surface area contributed by atoms with Gasteiger partial charge in [-0.2, -0.15) is 0 Å². The minimum absolute atomic E-state index is 0. The fraction of sp³-hybridized carbons (Fsp3) is 0.438. The van der Waals surface area contributed by atoms with Crippen LogP contribution >= 0.6 is 12.4 Å². The Morgan fingerprint density at radius 2 is 2.00 bits per heavy atom. The highest BCUT2D eigenvalue weighted by Gasteiger charge is 2.15. The zero-order valence-corrected chi connectivity index (χ0v) is 13.8. The average molecular weight is 341 g/mol. The lowest BCUT2D eigenvalue weighted by molar-refractivity contribution is 0.230. The molecule has 0 aliphatic carbocycles. The predicted molar refractivity (Wildman–Crippen MR) is 87.6 cm³/mol. The smallest absolute Gasteiger partial charge is 0.254 e. The summed E-state index contributed by atoms with van der Waals surface area (Å²) in [4.78, 5) is 0. The van der Waals surface area contributed by atoms with E-state index < -0.39 is 0 Å². The first-order valence-electron chi connectivity index (χ1n) is 7.42. The fourth-order valence-electron chi connectivity index (χ4n) is 2.34. The molecule has 1 aliphatic heterocycles. The summed E-state index contributed by atoms with van der Waals surface area (Å²) >= 11 is 0. The number of hydrogen-bond donors (Lipinski definition) is 1. The highest BCUT2D eigenvalue weighted by atomic mass is 35.5. The molecule has 7 heteroatoms. The Hall–Kier alpha value is -1.92. The second kappa shape index (κ2) is 8.64. The summed E-state index contributed by atoms with van der Waals surface area (Å²) in [7, 11) is 1.63. The van der Waals surface area contributed by atoms with Crippen molar-refractivity contribution in [3.8, 4) is 17.4 Å². The van der Waals surface area contributed by atoms with E-state index in [0.717, 1.165) is 24.5 Å². The molecule has 23 heavy (non-hydrogen) atoms. The van der Waals surface area contributed by atoms with Crippen molar-refractivity contribution < 1.29 is 18.7 Å². The Balaban J connectivity index is 0.00000192. The number of methoxy groups -OCH3 is 1. The third-order valence-corrected chi connectivity index (χ3v) is 3.57. The van der Waals surface area contributed by atoms with E-state index in [2.05, 4.69) is 10.5 Å². The molecular weight excluding hydrogens is 320 g/mol. The fourth-order valence-corrected chi connectivity index (χ4v) is 2.34. The van der Waals surface area contributed by atoms with Crippen molar-refractivity contribution in [2.45, 2.75) is 25.5 Å². The van der Waals surface area contributed by atoms with Gasteiger partial charge in [0.15, 0.2) is 5.76 Å². The van der Waals surface area contributed by atoms with Crippen LogP contribution < -0.4 is 19.5 Å². The summed E-state index contributed by atoms with van der Waals surface area (Å²) < 4.78 is 21.5. The third-order valence-electron chi connectivity index (χ3n) is 3.57. The van der Waals surface area contributed by atoms with Gasteiger partial charge in [0, 0.05) is 12.1 Å². The lowest BCUT2D eigenvalue weighted by atomic mass is 10.2. The van der Waals surface area contributed by atoms with Gasteiger partial charge in [0.05, 0.1) is 7.11 Å². The molecule has 1 N–H and O–H groups in total. The maximum atomic E-state index is 5.63. The maximum absolute atomic E-state index is 5.63. The minimum Gasteiger partial charge on any atom is -0.497 e. The van der Waals surface area contributed by atoms with E-state index in [-0.39, 0.29) is 12.4 Å². The van der Waals surface area contributed by atoms with Gasteiger partial charge in [-0.1, -0.05) is 0 Å². The van der Waals surface area contributed by atoms with Gasteiger partial charge in [0.2, 0.25) is 0 Å². The largest absolute Gasteiger partial charge is 0.497 e. The molecule has 6 nitrogen and oxygen atoms in total. The van der Waals surface area contributed by atoms with Gasteiger partial charge < -0.3 is 24.1 Å². The number of rotatable bonds is 7. The van der Waals surface area contributed by atoms with Gasteiger partial charge in [0.25, 0.3) is 5.88 Å². The molecule has 0 unspecified atom stereocenters. The molecule has 3 rings (SSSR count). The van der Waals surface area contributed by atoms with Gasteiger partial charge >= 0.3 is 0 Å². The average Bonchev–Trinajstić information content (AvgIpc) is 3.23. The monoisotopic (exact) mass is 340 g/mol. The minimum atomic E-state index is 0. The molecule has 2 aromatic rings. The second-order valence-electron chi connectivity index (χ2n) is 5.20. The number of halogens is 1. The Labute approximate surface area is 141 Å². The second-order valence-corrected chi connectivity index (χ2v) is 5.20. The van der Waals surface area contributed by atoms with Crippen LogP contribution in [0.25, 0.3) is 0 Å². The Morgan fingerprint density at radius 1 is 1.22 bits per heavy atom. The summed E-state index contributed by atoms with van der Waals surface area (Å²) in [6, 6.07) is 9.56. The van der Waals surface area contributed by atoms with E-state index in [0.29, 0.717) is 30.9 Å². The van der Waals surface area contributed by atoms with E-state index in [1.54, 1.807) is 13.2 Å². The molecule has 1 fully saturated rings. The molecule has 1 atom stereocenters. The molecule has 1 aliphatic rings. The Kier molecular flexibility index (Phi) is 6.55. The summed E-state index contributed by atoms with van der Waals surface area (Å²) in [6.45, 7) is 1.99. The van der Waals surface area contributed by atoms with Crippen LogP contribution in [0.1, 0.15) is 18.6 Å². The molecule has 0 radical (unpaired) electrons. The van der Waals surface area contributed by atoms with Crippen molar-refractivity contribution in [3.63, 3.8) is 0 Å². The van der Waals surface area contributed by atoms with Crippen molar-refractivity contribution in [2.24, 2.45) is 0 Å². The van der Waals surface area contributed by atoms with Crippen LogP contribution in [0.5, 0.6) is 17.4 Å². The first-order valence-corrected chi connectivity index (χ1v) is 7.42. The normalized spacial score (nSPS) is 16.7. The number of benzene rings is 1. The number of hydrogen-bond acceptors (Lipinski definition) is 6. The summed E-state index contributed by atoms with van der Waals surface area (Å²) in [5.41, 5.74) is 0. The molecule has 1 aromatic carbocycles. The molecule has 1 saturated heterocycles. The molecule has 0 bridgehead atoms. The first-order chi connectivity index (χ1) is 10.8. The van der Waals surface area contributed by atoms with Crippen LogP contribution in [-0.4, -0.2) is 31.5 Å². The van der Waals surface area contributed by atoms with Crippen LogP contribution in [-0.2, 0) is 6.61 Å². The topological polar surface area (TPSA) is 65.8 Å². The molecule has 1 aromatic heterocycles. The number of aromatic nitrogens is 1. The van der Waals surface area contributed by atoms with Gasteiger partial charge in [-0.05, 0) is 48.8 Å². The van der Waals surface area contributed by atoms with Gasteiger partial charge in [-0.3, -0.25) is 0 Å². The Bertz CT molecular complexity index is 582. The quantitative estimate of drug-likeness (QED) is 0.836. The SMILES string of the molecule is COc1ccc(OCc2cc(OC[C@@H]3CCCN3)no2)cc1.Cl. The summed E-state index contributed by atoms with van der Waals surface area (Å²) in [5, 5.41) is 7.26. The van der Waals surface area contributed by atoms with Crippen LogP contribution in [0.15, 0.2) is 34.9 Å². The van der Waals surface area contributed by atoms with Gasteiger partial charge in [-0.15, -0.1) is 12.4 Å². The summed E-state index contributed by atoms with van der Waals surface area (Å²) in [5.74, 6) is 2.67. The van der Waals surface area contributed by atoms with Crippen molar-refractivity contribution >= 4 is 12.4 Å². The van der Waals surface area contributed by atoms with Crippen LogP contribution in [0.4, 0.5) is 0 Å². The van der Waals surface area contributed by atoms with Crippen LogP contribution in [0, 0.1) is 0 Å². The first kappa shape index (κ1) is 17.4. The van der Waals surface area contributed by atoms with E-state index in [1.165, 1.54) is 6.42 Å². The van der Waals surface area contributed by atoms with Gasteiger partial charge in [0.1, 0.15) is 24.7 Å². The van der Waals surface area contributed by atoms with E-state index in [1.807, 2.05) is 24.3 Å². The predicted octanol–water partition coefficient (Wildman–Crippen LogP) is 2.81. The zero-order chi connectivity index (χ0) is 15.2. The number of nitrogens with zero attached hydrogens (tertiary/aromatic N) is 1. The van der Waals surface area contributed by atoms with Gasteiger partial charge in [-0.25, -0.2) is 0 Å². The molecule has 0 amide bonds. The van der Waals surface area contributed by atoms with E-state index >= 15 is 0 Å².